The summed E-state index contributed by atoms with van der Waals surface area (Å²) in [5, 5.41) is 0. The lowest BCUT2D eigenvalue weighted by molar-refractivity contribution is -0.286. The Hall–Kier alpha value is -1.03. The molecule has 0 amide bonds. The lowest BCUT2D eigenvalue weighted by Gasteiger charge is -2.28. The molecule has 0 bridgehead atoms. The predicted octanol–water partition coefficient (Wildman–Crippen LogP) is 8.66. The molecule has 57 heavy (non-hydrogen) atoms. The molecule has 0 aromatic rings. The minimum absolute atomic E-state index is 0.000421. The minimum Gasteiger partial charge on any atom is -0.379 e. The molecule has 0 radical (unpaired) electrons. The quantitative estimate of drug-likeness (QED) is 0.0634. The van der Waals surface area contributed by atoms with Gasteiger partial charge in [-0.15, -0.1) is 0 Å². The van der Waals surface area contributed by atoms with Crippen LogP contribution in [0.4, 0.5) is 39.5 Å². The molecule has 342 valence electrons. The Morgan fingerprint density at radius 2 is 0.877 bits per heavy atom. The predicted molar refractivity (Wildman–Crippen MR) is 192 cm³/mol. The molecule has 4 aliphatic rings. The fourth-order valence-corrected chi connectivity index (χ4v) is 6.00. The van der Waals surface area contributed by atoms with Gasteiger partial charge in [0.25, 0.3) is 0 Å². The smallest absolute Gasteiger partial charge is 0.379 e. The van der Waals surface area contributed by atoms with Gasteiger partial charge in [0.15, 0.2) is 5.92 Å². The summed E-state index contributed by atoms with van der Waals surface area (Å²) in [6, 6.07) is 0. The van der Waals surface area contributed by atoms with Crippen molar-refractivity contribution in [2.24, 2.45) is 5.92 Å². The molecule has 8 atom stereocenters. The highest BCUT2D eigenvalue weighted by molar-refractivity contribution is 4.77. The van der Waals surface area contributed by atoms with Crippen LogP contribution in [0.15, 0.2) is 0 Å². The van der Waals surface area contributed by atoms with E-state index in [1.54, 1.807) is 42.3 Å². The third kappa shape index (κ3) is 28.2. The van der Waals surface area contributed by atoms with Crippen molar-refractivity contribution in [2.45, 2.75) is 158 Å². The van der Waals surface area contributed by atoms with E-state index in [1.165, 1.54) is 25.7 Å². The second kappa shape index (κ2) is 29.3. The van der Waals surface area contributed by atoms with E-state index in [0.29, 0.717) is 50.8 Å². The molecular weight excluding hydrogens is 787 g/mol. The van der Waals surface area contributed by atoms with Crippen LogP contribution >= 0.6 is 0 Å². The topological polar surface area (TPSA) is 98.9 Å². The van der Waals surface area contributed by atoms with E-state index in [2.05, 4.69) is 0 Å². The second-order valence-corrected chi connectivity index (χ2v) is 14.5. The molecule has 2 saturated carbocycles. The van der Waals surface area contributed by atoms with Gasteiger partial charge in [0.1, 0.15) is 12.2 Å². The summed E-state index contributed by atoms with van der Waals surface area (Å²) >= 11 is 0. The van der Waals surface area contributed by atoms with Crippen LogP contribution in [0, 0.1) is 5.92 Å². The number of alkyl halides is 9. The third-order valence-corrected chi connectivity index (χ3v) is 9.45. The van der Waals surface area contributed by atoms with Crippen molar-refractivity contribution in [2.75, 3.05) is 81.3 Å². The van der Waals surface area contributed by atoms with Gasteiger partial charge in [-0.3, -0.25) is 0 Å². The highest BCUT2D eigenvalue weighted by Gasteiger charge is 2.55. The maximum Gasteiger partial charge on any atom is 0.400 e. The van der Waals surface area contributed by atoms with Crippen LogP contribution in [0.2, 0.25) is 0 Å². The molecule has 2 heterocycles. The van der Waals surface area contributed by atoms with Crippen molar-refractivity contribution in [3.63, 3.8) is 0 Å². The van der Waals surface area contributed by atoms with Gasteiger partial charge in [0, 0.05) is 48.1 Å². The van der Waals surface area contributed by atoms with Crippen LogP contribution in [-0.4, -0.2) is 149 Å². The monoisotopic (exact) mass is 854 g/mol. The summed E-state index contributed by atoms with van der Waals surface area (Å²) < 4.78 is 161. The normalized spacial score (nSPS) is 25.9. The molecule has 0 aromatic carbocycles. The summed E-state index contributed by atoms with van der Waals surface area (Å²) in [7, 11) is 7.06. The van der Waals surface area contributed by atoms with E-state index in [0.717, 1.165) is 32.3 Å². The molecular formula is C38H67F9O10. The third-order valence-electron chi connectivity index (χ3n) is 9.45. The average molecular weight is 855 g/mol. The van der Waals surface area contributed by atoms with Crippen LogP contribution in [0.5, 0.6) is 0 Å². The Labute approximate surface area is 332 Å². The molecule has 0 aromatic heterocycles. The van der Waals surface area contributed by atoms with Gasteiger partial charge >= 0.3 is 18.5 Å². The van der Waals surface area contributed by atoms with Gasteiger partial charge in [0.2, 0.25) is 0 Å². The zero-order valence-corrected chi connectivity index (χ0v) is 34.3. The molecule has 0 spiro atoms. The maximum atomic E-state index is 12.3. The lowest BCUT2D eigenvalue weighted by Crippen LogP contribution is -2.36. The largest absolute Gasteiger partial charge is 0.400 e. The Morgan fingerprint density at radius 3 is 1.16 bits per heavy atom. The Bertz CT molecular complexity index is 907. The lowest BCUT2D eigenvalue weighted by atomic mass is 9.95. The van der Waals surface area contributed by atoms with Crippen molar-refractivity contribution in [1.29, 1.82) is 0 Å². The number of hydrogen-bond acceptors (Lipinski definition) is 10. The number of methoxy groups -OCH3 is 4. The summed E-state index contributed by atoms with van der Waals surface area (Å²) in [6.45, 7) is 6.31. The van der Waals surface area contributed by atoms with Crippen molar-refractivity contribution in [3.05, 3.63) is 0 Å². The summed E-state index contributed by atoms with van der Waals surface area (Å²) in [4.78, 5) is 0. The Kier molecular flexibility index (Phi) is 27.7. The molecule has 2 aliphatic carbocycles. The number of epoxide rings is 2. The van der Waals surface area contributed by atoms with Crippen LogP contribution in [0.1, 0.15) is 90.9 Å². The molecule has 8 unspecified atom stereocenters. The Morgan fingerprint density at radius 1 is 0.544 bits per heavy atom. The second-order valence-electron chi connectivity index (χ2n) is 14.5. The fraction of sp³-hybridized carbons (Fsp3) is 1.00. The first-order valence-corrected chi connectivity index (χ1v) is 19.8. The Balaban J connectivity index is 0.000000399. The average Bonchev–Trinajstić information content (AvgIpc) is 4.10. The van der Waals surface area contributed by atoms with Crippen LogP contribution < -0.4 is 0 Å². The first-order chi connectivity index (χ1) is 26.8. The summed E-state index contributed by atoms with van der Waals surface area (Å²) in [6.07, 6.45) is -5.87. The fourth-order valence-electron chi connectivity index (χ4n) is 6.00. The van der Waals surface area contributed by atoms with E-state index >= 15 is 0 Å². The molecule has 2 aliphatic heterocycles. The van der Waals surface area contributed by atoms with Crippen molar-refractivity contribution in [1.82, 2.24) is 0 Å². The van der Waals surface area contributed by atoms with Crippen molar-refractivity contribution < 1.29 is 86.9 Å². The summed E-state index contributed by atoms with van der Waals surface area (Å²) in [5.74, 6) is -3.30. The van der Waals surface area contributed by atoms with Gasteiger partial charge < -0.3 is 47.4 Å². The standard InChI is InChI=1S/C12H18F6O3.C10H17F3O3.2C8H16O2/c1-8(5-19-6-9-7-21-9)20-4-2-3-10(11(13,14)15)12(16,17)18;1-8(5-14-6-9-7-16-9)15-4-2-3-10(11,12)13;2*1-9-7-5-3-4-6-8(7)10-2/h8-10H,2-7H2,1H3;8-9H,2-7H2,1H3;2*7-8H,3-6H2,1-2H3. The number of hydrogen-bond donors (Lipinski definition) is 0. The molecule has 4 fully saturated rings. The van der Waals surface area contributed by atoms with Gasteiger partial charge in [-0.2, -0.15) is 39.5 Å². The van der Waals surface area contributed by atoms with E-state index in [9.17, 15) is 39.5 Å². The highest BCUT2D eigenvalue weighted by Crippen LogP contribution is 2.42. The zero-order chi connectivity index (χ0) is 42.9. The molecule has 4 rings (SSSR count). The van der Waals surface area contributed by atoms with E-state index in [4.69, 9.17) is 47.4 Å². The van der Waals surface area contributed by atoms with Crippen molar-refractivity contribution in [3.8, 4) is 0 Å². The summed E-state index contributed by atoms with van der Waals surface area (Å²) in [5.41, 5.74) is 0. The van der Waals surface area contributed by atoms with Crippen LogP contribution in [0.3, 0.4) is 0 Å². The molecule has 19 heteroatoms. The van der Waals surface area contributed by atoms with E-state index in [1.807, 2.05) is 0 Å². The number of halogens is 9. The highest BCUT2D eigenvalue weighted by atomic mass is 19.4. The van der Waals surface area contributed by atoms with Crippen LogP contribution in [0.25, 0.3) is 0 Å². The van der Waals surface area contributed by atoms with E-state index in [-0.39, 0.29) is 57.1 Å². The minimum atomic E-state index is -5.28. The zero-order valence-electron chi connectivity index (χ0n) is 34.3. The van der Waals surface area contributed by atoms with Gasteiger partial charge in [-0.1, -0.05) is 25.7 Å². The van der Waals surface area contributed by atoms with E-state index < -0.39 is 37.3 Å². The molecule has 2 saturated heterocycles. The molecule has 10 nitrogen and oxygen atoms in total. The van der Waals surface area contributed by atoms with Gasteiger partial charge in [-0.25, -0.2) is 0 Å². The SMILES string of the molecule is CC(COCC1CO1)OCCCC(C(F)(F)F)C(F)(F)F.CC(COCC1CO1)OCCCC(F)(F)F.COC1CCCCC1OC.COC1CCCCC1OC. The maximum absolute atomic E-state index is 12.3. The first-order valence-electron chi connectivity index (χ1n) is 19.8. The van der Waals surface area contributed by atoms with Gasteiger partial charge in [-0.05, 0) is 58.8 Å². The first kappa shape index (κ1) is 54.0. The number of rotatable bonds is 21. The van der Waals surface area contributed by atoms with Gasteiger partial charge in [0.05, 0.1) is 76.3 Å². The number of ether oxygens (including phenoxy) is 10. The van der Waals surface area contributed by atoms with Crippen molar-refractivity contribution >= 4 is 0 Å². The molecule has 0 N–H and O–H groups in total. The van der Waals surface area contributed by atoms with Crippen LogP contribution in [-0.2, 0) is 47.4 Å².